The molecule has 5 heteroatoms. The molecule has 0 aliphatic carbocycles. The summed E-state index contributed by atoms with van der Waals surface area (Å²) in [7, 11) is 0. The molecule has 0 atom stereocenters. The minimum Gasteiger partial charge on any atom is -0.347 e. The molecule has 0 aliphatic heterocycles. The van der Waals surface area contributed by atoms with Crippen molar-refractivity contribution in [1.29, 1.82) is 0 Å². The predicted molar refractivity (Wildman–Crippen MR) is 124 cm³/mol. The number of aromatic nitrogens is 1. The van der Waals surface area contributed by atoms with Crippen LogP contribution in [0.15, 0.2) is 78.1 Å². The molecule has 0 saturated heterocycles. The second-order valence-electron chi connectivity index (χ2n) is 7.14. The van der Waals surface area contributed by atoms with Crippen LogP contribution >= 0.6 is 11.3 Å². The molecule has 3 aromatic carbocycles. The van der Waals surface area contributed by atoms with E-state index in [9.17, 15) is 9.59 Å². The first-order valence-electron chi connectivity index (χ1n) is 9.73. The van der Waals surface area contributed by atoms with Crippen molar-refractivity contribution in [1.82, 2.24) is 9.88 Å². The predicted octanol–water partition coefficient (Wildman–Crippen LogP) is 4.99. The minimum absolute atomic E-state index is 0.129. The molecular formula is C25H22N2O2S. The number of thiazole rings is 1. The molecule has 4 aromatic rings. The third kappa shape index (κ3) is 3.98. The Labute approximate surface area is 179 Å². The van der Waals surface area contributed by atoms with Crippen molar-refractivity contribution >= 4 is 34.1 Å². The zero-order chi connectivity index (χ0) is 21.1. The summed E-state index contributed by atoms with van der Waals surface area (Å²) in [5, 5.41) is 5.23. The fourth-order valence-corrected chi connectivity index (χ4v) is 4.42. The van der Waals surface area contributed by atoms with E-state index in [2.05, 4.69) is 30.1 Å². The van der Waals surface area contributed by atoms with Gasteiger partial charge in [0.25, 0.3) is 5.91 Å². The SMILES string of the molecule is C=Cc1ccc(Cn2c(C)c(C(=O)NCc3cccc4ccccc34)sc2=O)cc1. The first-order valence-corrected chi connectivity index (χ1v) is 10.5. The van der Waals surface area contributed by atoms with Crippen molar-refractivity contribution in [2.75, 3.05) is 0 Å². The maximum atomic E-state index is 12.8. The summed E-state index contributed by atoms with van der Waals surface area (Å²) in [5.41, 5.74) is 3.77. The van der Waals surface area contributed by atoms with E-state index in [0.29, 0.717) is 23.7 Å². The normalized spacial score (nSPS) is 10.8. The number of carbonyl (C=O) groups is 1. The average molecular weight is 415 g/mol. The molecule has 30 heavy (non-hydrogen) atoms. The van der Waals surface area contributed by atoms with Crippen molar-refractivity contribution < 1.29 is 4.79 Å². The van der Waals surface area contributed by atoms with Gasteiger partial charge in [-0.05, 0) is 34.4 Å². The fraction of sp³-hybridized carbons (Fsp3) is 0.120. The zero-order valence-corrected chi connectivity index (χ0v) is 17.5. The van der Waals surface area contributed by atoms with Crippen LogP contribution in [-0.4, -0.2) is 10.5 Å². The van der Waals surface area contributed by atoms with Crippen molar-refractivity contribution in [3.8, 4) is 0 Å². The Morgan fingerprint density at radius 3 is 2.57 bits per heavy atom. The van der Waals surface area contributed by atoms with Gasteiger partial charge in [0, 0.05) is 12.2 Å². The second kappa shape index (κ2) is 8.51. The molecule has 4 nitrogen and oxygen atoms in total. The molecule has 0 bridgehead atoms. The lowest BCUT2D eigenvalue weighted by atomic mass is 10.0. The van der Waals surface area contributed by atoms with Gasteiger partial charge in [0.2, 0.25) is 0 Å². The number of rotatable bonds is 6. The summed E-state index contributed by atoms with van der Waals surface area (Å²) >= 11 is 0.994. The van der Waals surface area contributed by atoms with Crippen LogP contribution in [0.1, 0.15) is 32.1 Å². The lowest BCUT2D eigenvalue weighted by molar-refractivity contribution is 0.0954. The quantitative estimate of drug-likeness (QED) is 0.483. The van der Waals surface area contributed by atoms with Gasteiger partial charge in [-0.1, -0.05) is 90.7 Å². The Morgan fingerprint density at radius 1 is 1.07 bits per heavy atom. The van der Waals surface area contributed by atoms with Crippen molar-refractivity contribution in [3.63, 3.8) is 0 Å². The molecule has 1 aromatic heterocycles. The monoisotopic (exact) mass is 414 g/mol. The molecule has 0 unspecified atom stereocenters. The Kier molecular flexibility index (Phi) is 5.63. The first-order chi connectivity index (χ1) is 14.6. The Balaban J connectivity index is 1.52. The van der Waals surface area contributed by atoms with Crippen molar-refractivity contribution in [2.24, 2.45) is 0 Å². The minimum atomic E-state index is -0.219. The summed E-state index contributed by atoms with van der Waals surface area (Å²) in [6.07, 6.45) is 1.78. The number of hydrogen-bond donors (Lipinski definition) is 1. The van der Waals surface area contributed by atoms with Gasteiger partial charge in [-0.2, -0.15) is 0 Å². The molecule has 1 amide bonds. The lowest BCUT2D eigenvalue weighted by Gasteiger charge is -2.09. The molecule has 0 aliphatic rings. The number of amides is 1. The Bertz CT molecular complexity index is 1280. The smallest absolute Gasteiger partial charge is 0.308 e. The van der Waals surface area contributed by atoms with Crippen molar-refractivity contribution in [2.45, 2.75) is 20.0 Å². The Morgan fingerprint density at radius 2 is 1.80 bits per heavy atom. The van der Waals surface area contributed by atoms with Crippen LogP contribution in [0.2, 0.25) is 0 Å². The second-order valence-corrected chi connectivity index (χ2v) is 8.10. The molecule has 0 radical (unpaired) electrons. The van der Waals surface area contributed by atoms with Gasteiger partial charge in [-0.25, -0.2) is 0 Å². The van der Waals surface area contributed by atoms with E-state index in [1.807, 2.05) is 55.5 Å². The van der Waals surface area contributed by atoms with E-state index >= 15 is 0 Å². The van der Waals surface area contributed by atoms with E-state index in [0.717, 1.165) is 38.8 Å². The highest BCUT2D eigenvalue weighted by atomic mass is 32.1. The molecule has 0 fully saturated rings. The van der Waals surface area contributed by atoms with Gasteiger partial charge in [0.15, 0.2) is 0 Å². The van der Waals surface area contributed by atoms with E-state index in [4.69, 9.17) is 0 Å². The van der Waals surface area contributed by atoms with E-state index < -0.39 is 0 Å². The van der Waals surface area contributed by atoms with Crippen LogP contribution in [0, 0.1) is 6.92 Å². The molecule has 0 spiro atoms. The third-order valence-corrected chi connectivity index (χ3v) is 6.30. The van der Waals surface area contributed by atoms with Crippen LogP contribution in [0.3, 0.4) is 0 Å². The van der Waals surface area contributed by atoms with Gasteiger partial charge in [0.1, 0.15) is 4.88 Å². The number of fused-ring (bicyclic) bond motifs is 1. The van der Waals surface area contributed by atoms with Gasteiger partial charge in [-0.15, -0.1) is 0 Å². The third-order valence-electron chi connectivity index (χ3n) is 5.22. The first kappa shape index (κ1) is 19.9. The summed E-state index contributed by atoms with van der Waals surface area (Å²) in [6, 6.07) is 22.0. The topological polar surface area (TPSA) is 51.1 Å². The van der Waals surface area contributed by atoms with Crippen LogP contribution < -0.4 is 10.2 Å². The summed E-state index contributed by atoms with van der Waals surface area (Å²) < 4.78 is 1.65. The maximum absolute atomic E-state index is 12.8. The van der Waals surface area contributed by atoms with Crippen LogP contribution in [-0.2, 0) is 13.1 Å². The number of nitrogens with one attached hydrogen (secondary N) is 1. The van der Waals surface area contributed by atoms with Gasteiger partial charge >= 0.3 is 4.87 Å². The van der Waals surface area contributed by atoms with Crippen LogP contribution in [0.25, 0.3) is 16.8 Å². The largest absolute Gasteiger partial charge is 0.347 e. The standard InChI is InChI=1S/C25H22N2O2S/c1-3-18-11-13-19(14-12-18)16-27-17(2)23(30-25(27)29)24(28)26-15-21-9-6-8-20-7-4-5-10-22(20)21/h3-14H,1,15-16H2,2H3,(H,26,28). The van der Waals surface area contributed by atoms with Crippen molar-refractivity contribution in [3.05, 3.63) is 110 Å². The highest BCUT2D eigenvalue weighted by molar-refractivity contribution is 7.11. The molecule has 4 rings (SSSR count). The number of hydrogen-bond acceptors (Lipinski definition) is 3. The number of benzene rings is 3. The lowest BCUT2D eigenvalue weighted by Crippen LogP contribution is -2.23. The summed E-state index contributed by atoms with van der Waals surface area (Å²) in [4.78, 5) is 25.7. The maximum Gasteiger partial charge on any atom is 0.308 e. The molecular weight excluding hydrogens is 392 g/mol. The fourth-order valence-electron chi connectivity index (χ4n) is 3.51. The van der Waals surface area contributed by atoms with E-state index in [1.54, 1.807) is 10.6 Å². The van der Waals surface area contributed by atoms with Gasteiger partial charge in [-0.3, -0.25) is 14.2 Å². The number of nitrogens with zero attached hydrogens (tertiary/aromatic N) is 1. The molecule has 0 saturated carbocycles. The average Bonchev–Trinajstić information content (AvgIpc) is 3.06. The number of carbonyl (C=O) groups excluding carboxylic acids is 1. The zero-order valence-electron chi connectivity index (χ0n) is 16.7. The molecule has 150 valence electrons. The van der Waals surface area contributed by atoms with Gasteiger partial charge in [0.05, 0.1) is 6.54 Å². The molecule has 1 N–H and O–H groups in total. The van der Waals surface area contributed by atoms with Crippen LogP contribution in [0.5, 0.6) is 0 Å². The summed E-state index contributed by atoms with van der Waals surface area (Å²) in [5.74, 6) is -0.219. The van der Waals surface area contributed by atoms with Gasteiger partial charge < -0.3 is 5.32 Å². The Hall–Kier alpha value is -3.44. The highest BCUT2D eigenvalue weighted by Gasteiger charge is 2.18. The highest BCUT2D eigenvalue weighted by Crippen LogP contribution is 2.19. The van der Waals surface area contributed by atoms with E-state index in [1.165, 1.54) is 0 Å². The van der Waals surface area contributed by atoms with Crippen LogP contribution in [0.4, 0.5) is 0 Å². The van der Waals surface area contributed by atoms with E-state index in [-0.39, 0.29) is 10.8 Å². The molecule has 1 heterocycles. The summed E-state index contributed by atoms with van der Waals surface area (Å²) in [6.45, 7) is 6.43.